The first kappa shape index (κ1) is 9.66. The quantitative estimate of drug-likeness (QED) is 0.433. The van der Waals surface area contributed by atoms with Gasteiger partial charge in [0.15, 0.2) is 0 Å². The van der Waals surface area contributed by atoms with Crippen molar-refractivity contribution in [2.75, 3.05) is 21.1 Å². The number of hydrogen-bond acceptors (Lipinski definition) is 2. The molecule has 0 aliphatic heterocycles. The molecule has 0 amide bonds. The lowest BCUT2D eigenvalue weighted by Gasteiger charge is -2.28. The van der Waals surface area contributed by atoms with Crippen LogP contribution in [0, 0.1) is 0 Å². The molecule has 60 valence electrons. The first-order valence-corrected chi connectivity index (χ1v) is 3.62. The highest BCUT2D eigenvalue weighted by molar-refractivity contribution is 4.87. The standard InChI is InChI=1S/C8H18N2/c1-6-7-8(2)10(5)9(3)4/h6-8H,1-5H3/b7-6-. The van der Waals surface area contributed by atoms with Gasteiger partial charge in [-0.2, -0.15) is 0 Å². The zero-order valence-electron chi connectivity index (χ0n) is 7.63. The maximum absolute atomic E-state index is 2.17. The fourth-order valence-electron chi connectivity index (χ4n) is 0.767. The van der Waals surface area contributed by atoms with Crippen molar-refractivity contribution in [3.8, 4) is 0 Å². The molecule has 0 aliphatic rings. The smallest absolute Gasteiger partial charge is 0.0394 e. The van der Waals surface area contributed by atoms with E-state index in [0.29, 0.717) is 6.04 Å². The van der Waals surface area contributed by atoms with Crippen molar-refractivity contribution >= 4 is 0 Å². The van der Waals surface area contributed by atoms with E-state index in [9.17, 15) is 0 Å². The minimum atomic E-state index is 0.486. The second kappa shape index (κ2) is 4.47. The molecule has 0 saturated heterocycles. The third-order valence-corrected chi connectivity index (χ3v) is 1.69. The van der Waals surface area contributed by atoms with Crippen molar-refractivity contribution in [3.05, 3.63) is 12.2 Å². The highest BCUT2D eigenvalue weighted by atomic mass is 15.6. The zero-order valence-corrected chi connectivity index (χ0v) is 7.63. The van der Waals surface area contributed by atoms with Crippen molar-refractivity contribution in [1.29, 1.82) is 0 Å². The van der Waals surface area contributed by atoms with E-state index in [1.54, 1.807) is 0 Å². The van der Waals surface area contributed by atoms with Gasteiger partial charge in [0, 0.05) is 27.2 Å². The first-order valence-electron chi connectivity index (χ1n) is 3.62. The summed E-state index contributed by atoms with van der Waals surface area (Å²) in [5.41, 5.74) is 0. The normalized spacial score (nSPS) is 15.5. The highest BCUT2D eigenvalue weighted by Gasteiger charge is 2.05. The molecule has 2 heteroatoms. The molecule has 0 rings (SSSR count). The van der Waals surface area contributed by atoms with Crippen LogP contribution in [-0.2, 0) is 0 Å². The number of hydrazine groups is 1. The van der Waals surface area contributed by atoms with Gasteiger partial charge in [-0.25, -0.2) is 10.0 Å². The van der Waals surface area contributed by atoms with Gasteiger partial charge in [-0.1, -0.05) is 12.2 Å². The number of rotatable bonds is 3. The van der Waals surface area contributed by atoms with Crippen LogP contribution in [0.4, 0.5) is 0 Å². The monoisotopic (exact) mass is 142 g/mol. The molecule has 0 saturated carbocycles. The van der Waals surface area contributed by atoms with E-state index >= 15 is 0 Å². The Morgan fingerprint density at radius 2 is 1.70 bits per heavy atom. The van der Waals surface area contributed by atoms with Crippen LogP contribution >= 0.6 is 0 Å². The Labute approximate surface area is 64.1 Å². The Kier molecular flexibility index (Phi) is 4.32. The van der Waals surface area contributed by atoms with Crippen LogP contribution in [0.3, 0.4) is 0 Å². The molecule has 2 nitrogen and oxygen atoms in total. The summed E-state index contributed by atoms with van der Waals surface area (Å²) in [6.45, 7) is 4.21. The molecule has 10 heavy (non-hydrogen) atoms. The lowest BCUT2D eigenvalue weighted by Crippen LogP contribution is -2.38. The molecule has 0 aliphatic carbocycles. The third-order valence-electron chi connectivity index (χ3n) is 1.69. The average molecular weight is 142 g/mol. The minimum Gasteiger partial charge on any atom is -0.248 e. The van der Waals surface area contributed by atoms with Crippen LogP contribution < -0.4 is 0 Å². The first-order chi connectivity index (χ1) is 4.59. The molecule has 0 aromatic rings. The second-order valence-electron chi connectivity index (χ2n) is 2.69. The fourth-order valence-corrected chi connectivity index (χ4v) is 0.767. The van der Waals surface area contributed by atoms with Gasteiger partial charge >= 0.3 is 0 Å². The molecule has 1 atom stereocenters. The van der Waals surface area contributed by atoms with Crippen molar-refractivity contribution in [2.45, 2.75) is 19.9 Å². The molecule has 1 unspecified atom stereocenters. The third kappa shape index (κ3) is 2.99. The maximum Gasteiger partial charge on any atom is 0.0394 e. The van der Waals surface area contributed by atoms with E-state index < -0.39 is 0 Å². The summed E-state index contributed by atoms with van der Waals surface area (Å²) >= 11 is 0. The molecule has 0 N–H and O–H groups in total. The zero-order chi connectivity index (χ0) is 8.15. The maximum atomic E-state index is 2.17. The number of nitrogens with zero attached hydrogens (tertiary/aromatic N) is 2. The van der Waals surface area contributed by atoms with Crippen molar-refractivity contribution < 1.29 is 0 Å². The van der Waals surface area contributed by atoms with Crippen LogP contribution in [0.2, 0.25) is 0 Å². The van der Waals surface area contributed by atoms with Gasteiger partial charge in [-0.3, -0.25) is 0 Å². The van der Waals surface area contributed by atoms with Crippen LogP contribution in [0.25, 0.3) is 0 Å². The van der Waals surface area contributed by atoms with E-state index in [-0.39, 0.29) is 0 Å². The summed E-state index contributed by atoms with van der Waals surface area (Å²) in [5, 5.41) is 4.24. The fraction of sp³-hybridized carbons (Fsp3) is 0.750. The summed E-state index contributed by atoms with van der Waals surface area (Å²) in [7, 11) is 6.16. The predicted molar refractivity (Wildman–Crippen MR) is 45.7 cm³/mol. The summed E-state index contributed by atoms with van der Waals surface area (Å²) in [6, 6.07) is 0.486. The molecule has 0 heterocycles. The molecule has 0 fully saturated rings. The average Bonchev–Trinajstić information content (AvgIpc) is 1.87. The molecule has 0 bridgehead atoms. The van der Waals surface area contributed by atoms with Crippen molar-refractivity contribution in [2.24, 2.45) is 0 Å². The molecule has 0 aromatic carbocycles. The van der Waals surface area contributed by atoms with E-state index in [0.717, 1.165) is 0 Å². The number of likely N-dealkylation sites (N-methyl/N-ethyl adjacent to an activating group) is 1. The van der Waals surface area contributed by atoms with Gasteiger partial charge in [0.1, 0.15) is 0 Å². The Hall–Kier alpha value is -0.340. The van der Waals surface area contributed by atoms with E-state index in [1.165, 1.54) is 0 Å². The van der Waals surface area contributed by atoms with Crippen LogP contribution in [-0.4, -0.2) is 37.2 Å². The summed E-state index contributed by atoms with van der Waals surface area (Å²) in [6.07, 6.45) is 4.24. The molecule has 0 aromatic heterocycles. The van der Waals surface area contributed by atoms with Crippen LogP contribution in [0.1, 0.15) is 13.8 Å². The minimum absolute atomic E-state index is 0.486. The summed E-state index contributed by atoms with van der Waals surface area (Å²) in [4.78, 5) is 0. The molecule has 0 spiro atoms. The topological polar surface area (TPSA) is 6.48 Å². The Bertz CT molecular complexity index is 108. The Balaban J connectivity index is 3.81. The summed E-state index contributed by atoms with van der Waals surface area (Å²) in [5.74, 6) is 0. The molecular weight excluding hydrogens is 124 g/mol. The SMILES string of the molecule is C/C=C\C(C)N(C)N(C)C. The van der Waals surface area contributed by atoms with Gasteiger partial charge in [0.25, 0.3) is 0 Å². The van der Waals surface area contributed by atoms with E-state index in [4.69, 9.17) is 0 Å². The van der Waals surface area contributed by atoms with Crippen LogP contribution in [0.15, 0.2) is 12.2 Å². The van der Waals surface area contributed by atoms with Crippen molar-refractivity contribution in [3.63, 3.8) is 0 Å². The van der Waals surface area contributed by atoms with Crippen LogP contribution in [0.5, 0.6) is 0 Å². The Morgan fingerprint density at radius 3 is 2.00 bits per heavy atom. The number of allylic oxidation sites excluding steroid dienone is 1. The Morgan fingerprint density at radius 1 is 1.20 bits per heavy atom. The van der Waals surface area contributed by atoms with Gasteiger partial charge in [-0.05, 0) is 13.8 Å². The predicted octanol–water partition coefficient (Wildman–Crippen LogP) is 1.36. The van der Waals surface area contributed by atoms with Gasteiger partial charge in [-0.15, -0.1) is 0 Å². The lowest BCUT2D eigenvalue weighted by atomic mass is 10.3. The van der Waals surface area contributed by atoms with Gasteiger partial charge < -0.3 is 0 Å². The van der Waals surface area contributed by atoms with Gasteiger partial charge in [0.05, 0.1) is 0 Å². The van der Waals surface area contributed by atoms with E-state index in [1.807, 2.05) is 21.0 Å². The second-order valence-corrected chi connectivity index (χ2v) is 2.69. The number of hydrogen-bond donors (Lipinski definition) is 0. The van der Waals surface area contributed by atoms with E-state index in [2.05, 4.69) is 36.1 Å². The molecular formula is C8H18N2. The highest BCUT2D eigenvalue weighted by Crippen LogP contribution is 1.97. The largest absolute Gasteiger partial charge is 0.248 e. The summed E-state index contributed by atoms with van der Waals surface area (Å²) < 4.78 is 0. The van der Waals surface area contributed by atoms with Gasteiger partial charge in [0.2, 0.25) is 0 Å². The van der Waals surface area contributed by atoms with Crippen molar-refractivity contribution in [1.82, 2.24) is 10.0 Å². The molecule has 0 radical (unpaired) electrons. The lowest BCUT2D eigenvalue weighted by molar-refractivity contribution is 0.0350.